The number of hydrogen-bond acceptors (Lipinski definition) is 4. The Balaban J connectivity index is 1.29. The van der Waals surface area contributed by atoms with Crippen LogP contribution in [-0.4, -0.2) is 29.0 Å². The van der Waals surface area contributed by atoms with Crippen molar-refractivity contribution in [3.63, 3.8) is 0 Å². The molecule has 2 aromatic rings. The summed E-state index contributed by atoms with van der Waals surface area (Å²) < 4.78 is 7.19. The number of amides is 2. The standard InChI is InChI=1S/C27H32N2O4/c1-17-6-7-21(9-18(17)2)26-11-19-10-20(12-26)14-27(13-19,16-26)25(32)33-15-23(30)28-24(31)22-5-4-8-29(22)3/h4-9,19-20H,10-16H2,1-3H3,(H,28,30,31)/t19-,20+,26?,27?. The summed E-state index contributed by atoms with van der Waals surface area (Å²) in [4.78, 5) is 38.0. The van der Waals surface area contributed by atoms with Crippen molar-refractivity contribution in [1.29, 1.82) is 0 Å². The van der Waals surface area contributed by atoms with Gasteiger partial charge in [0.15, 0.2) is 6.61 Å². The number of aromatic nitrogens is 1. The highest BCUT2D eigenvalue weighted by Crippen LogP contribution is 2.66. The van der Waals surface area contributed by atoms with E-state index >= 15 is 0 Å². The Hall–Kier alpha value is -2.89. The van der Waals surface area contributed by atoms with Crippen molar-refractivity contribution < 1.29 is 19.1 Å². The first-order chi connectivity index (χ1) is 15.7. The normalized spacial score (nSPS) is 29.7. The lowest BCUT2D eigenvalue weighted by molar-refractivity contribution is -0.175. The molecule has 1 N–H and O–H groups in total. The van der Waals surface area contributed by atoms with Gasteiger partial charge in [-0.15, -0.1) is 0 Å². The maximum absolute atomic E-state index is 13.4. The van der Waals surface area contributed by atoms with E-state index in [1.165, 1.54) is 23.1 Å². The third-order valence-electron chi connectivity index (χ3n) is 8.38. The highest BCUT2D eigenvalue weighted by Gasteiger charge is 2.61. The summed E-state index contributed by atoms with van der Waals surface area (Å²) in [7, 11) is 1.73. The first kappa shape index (κ1) is 21.9. The number of nitrogens with one attached hydrogen (secondary N) is 1. The third-order valence-corrected chi connectivity index (χ3v) is 8.38. The zero-order valence-corrected chi connectivity index (χ0v) is 19.6. The number of hydrogen-bond donors (Lipinski definition) is 1. The van der Waals surface area contributed by atoms with Crippen molar-refractivity contribution in [1.82, 2.24) is 9.88 Å². The van der Waals surface area contributed by atoms with Crippen molar-refractivity contribution in [2.24, 2.45) is 24.3 Å². The van der Waals surface area contributed by atoms with Crippen molar-refractivity contribution in [2.45, 2.75) is 57.8 Å². The number of ether oxygens (including phenoxy) is 1. The first-order valence-corrected chi connectivity index (χ1v) is 11.9. The fourth-order valence-electron chi connectivity index (χ4n) is 7.12. The molecule has 2 unspecified atom stereocenters. The molecule has 6 rings (SSSR count). The van der Waals surface area contributed by atoms with Gasteiger partial charge in [0.05, 0.1) is 5.41 Å². The van der Waals surface area contributed by atoms with Crippen molar-refractivity contribution in [3.05, 3.63) is 58.9 Å². The van der Waals surface area contributed by atoms with Gasteiger partial charge in [-0.05, 0) is 98.4 Å². The lowest BCUT2D eigenvalue weighted by atomic mass is 9.43. The number of aryl methyl sites for hydroxylation is 3. The Bertz CT molecular complexity index is 1120. The van der Waals surface area contributed by atoms with Crippen molar-refractivity contribution in [3.8, 4) is 0 Å². The van der Waals surface area contributed by atoms with Crippen LogP contribution in [0.25, 0.3) is 0 Å². The molecule has 0 saturated heterocycles. The summed E-state index contributed by atoms with van der Waals surface area (Å²) in [5.41, 5.74) is 3.80. The molecule has 1 heterocycles. The van der Waals surface area contributed by atoms with Crippen molar-refractivity contribution in [2.75, 3.05) is 6.61 Å². The smallest absolute Gasteiger partial charge is 0.312 e. The van der Waals surface area contributed by atoms with Gasteiger partial charge < -0.3 is 9.30 Å². The lowest BCUT2D eigenvalue weighted by Crippen LogP contribution is -2.57. The number of esters is 1. The maximum atomic E-state index is 13.4. The van der Waals surface area contributed by atoms with Gasteiger partial charge in [0, 0.05) is 13.2 Å². The highest BCUT2D eigenvalue weighted by molar-refractivity contribution is 6.04. The molecule has 4 saturated carbocycles. The van der Waals surface area contributed by atoms with Crippen LogP contribution in [0.15, 0.2) is 36.5 Å². The maximum Gasteiger partial charge on any atom is 0.312 e. The van der Waals surface area contributed by atoms with Gasteiger partial charge in [0.1, 0.15) is 5.69 Å². The summed E-state index contributed by atoms with van der Waals surface area (Å²) in [5, 5.41) is 2.32. The minimum atomic E-state index is -0.594. The van der Waals surface area contributed by atoms with Gasteiger partial charge in [0.25, 0.3) is 11.8 Å². The predicted molar refractivity (Wildman–Crippen MR) is 124 cm³/mol. The summed E-state index contributed by atoms with van der Waals surface area (Å²) >= 11 is 0. The minimum Gasteiger partial charge on any atom is -0.455 e. The largest absolute Gasteiger partial charge is 0.455 e. The van der Waals surface area contributed by atoms with Crippen LogP contribution >= 0.6 is 0 Å². The summed E-state index contributed by atoms with van der Waals surface area (Å²) in [6, 6.07) is 10.1. The zero-order valence-electron chi connectivity index (χ0n) is 19.6. The molecule has 0 radical (unpaired) electrons. The molecule has 0 spiro atoms. The molecule has 4 fully saturated rings. The molecule has 1 aromatic carbocycles. The first-order valence-electron chi connectivity index (χ1n) is 11.9. The van der Waals surface area contributed by atoms with Crippen LogP contribution in [0.3, 0.4) is 0 Å². The minimum absolute atomic E-state index is 0.0202. The molecule has 33 heavy (non-hydrogen) atoms. The molecule has 4 atom stereocenters. The molecule has 4 aliphatic rings. The van der Waals surface area contributed by atoms with Crippen LogP contribution in [0.4, 0.5) is 0 Å². The van der Waals surface area contributed by atoms with E-state index < -0.39 is 23.8 Å². The molecule has 1 aromatic heterocycles. The van der Waals surface area contributed by atoms with Gasteiger partial charge in [-0.1, -0.05) is 18.2 Å². The van der Waals surface area contributed by atoms with Gasteiger partial charge >= 0.3 is 5.97 Å². The van der Waals surface area contributed by atoms with E-state index in [-0.39, 0.29) is 11.4 Å². The number of carbonyl (C=O) groups is 3. The molecule has 0 aliphatic heterocycles. The van der Waals surface area contributed by atoms with Gasteiger partial charge in [-0.2, -0.15) is 0 Å². The fourth-order valence-corrected chi connectivity index (χ4v) is 7.12. The van der Waals surface area contributed by atoms with E-state index in [1.807, 2.05) is 0 Å². The second-order valence-corrected chi connectivity index (χ2v) is 10.8. The molecule has 6 heteroatoms. The Morgan fingerprint density at radius 2 is 1.79 bits per heavy atom. The highest BCUT2D eigenvalue weighted by atomic mass is 16.5. The average molecular weight is 449 g/mol. The number of nitrogens with zero attached hydrogens (tertiary/aromatic N) is 1. The fraction of sp³-hybridized carbons (Fsp3) is 0.519. The molecule has 4 aliphatic carbocycles. The van der Waals surface area contributed by atoms with Crippen LogP contribution in [-0.2, 0) is 26.8 Å². The lowest BCUT2D eigenvalue weighted by Gasteiger charge is -2.61. The second-order valence-electron chi connectivity index (χ2n) is 10.8. The SMILES string of the molecule is Cc1ccc(C23C[C@@H]4C[C@@H](CC(C(=O)OCC(=O)NC(=O)c5cccn5C)(C4)C2)C3)cc1C. The zero-order chi connectivity index (χ0) is 23.4. The van der Waals surface area contributed by atoms with Crippen LogP contribution in [0.2, 0.25) is 0 Å². The van der Waals surface area contributed by atoms with Crippen LogP contribution < -0.4 is 5.32 Å². The molecule has 6 nitrogen and oxygen atoms in total. The number of carbonyl (C=O) groups excluding carboxylic acids is 3. The van der Waals surface area contributed by atoms with Gasteiger partial charge in [-0.3, -0.25) is 19.7 Å². The summed E-state index contributed by atoms with van der Waals surface area (Å²) in [6.07, 6.45) is 7.67. The third kappa shape index (κ3) is 3.79. The second kappa shape index (κ2) is 7.86. The summed E-state index contributed by atoms with van der Waals surface area (Å²) in [5.74, 6) is -0.317. The number of imide groups is 1. The molecular weight excluding hydrogens is 416 g/mol. The Labute approximate surface area is 194 Å². The molecule has 4 bridgehead atoms. The molecule has 2 amide bonds. The average Bonchev–Trinajstić information content (AvgIpc) is 3.19. The Morgan fingerprint density at radius 1 is 1.06 bits per heavy atom. The van der Waals surface area contributed by atoms with E-state index in [0.717, 1.165) is 32.1 Å². The van der Waals surface area contributed by atoms with E-state index in [0.29, 0.717) is 17.5 Å². The van der Waals surface area contributed by atoms with Crippen molar-refractivity contribution >= 4 is 17.8 Å². The van der Waals surface area contributed by atoms with E-state index in [1.54, 1.807) is 29.9 Å². The Morgan fingerprint density at radius 3 is 2.42 bits per heavy atom. The van der Waals surface area contributed by atoms with Crippen LogP contribution in [0.5, 0.6) is 0 Å². The number of benzene rings is 1. The van der Waals surface area contributed by atoms with Gasteiger partial charge in [0.2, 0.25) is 0 Å². The number of rotatable bonds is 5. The topological polar surface area (TPSA) is 77.4 Å². The summed E-state index contributed by atoms with van der Waals surface area (Å²) in [6.45, 7) is 3.85. The quantitative estimate of drug-likeness (QED) is 0.702. The molecular formula is C27H32N2O4. The van der Waals surface area contributed by atoms with E-state index in [4.69, 9.17) is 4.74 Å². The van der Waals surface area contributed by atoms with E-state index in [9.17, 15) is 14.4 Å². The predicted octanol–water partition coefficient (Wildman–Crippen LogP) is 3.98. The van der Waals surface area contributed by atoms with Crippen LogP contribution in [0.1, 0.15) is 65.7 Å². The van der Waals surface area contributed by atoms with Crippen LogP contribution in [0, 0.1) is 31.1 Å². The van der Waals surface area contributed by atoms with Gasteiger partial charge in [-0.25, -0.2) is 0 Å². The Kier molecular flexibility index (Phi) is 5.22. The molecule has 174 valence electrons. The van der Waals surface area contributed by atoms with E-state index in [2.05, 4.69) is 37.4 Å². The monoisotopic (exact) mass is 448 g/mol.